The zero-order chi connectivity index (χ0) is 11.8. The van der Waals surface area contributed by atoms with Crippen molar-refractivity contribution in [3.63, 3.8) is 0 Å². The number of hydrogen-bond acceptors (Lipinski definition) is 2. The summed E-state index contributed by atoms with van der Waals surface area (Å²) in [6, 6.07) is 8.40. The highest BCUT2D eigenvalue weighted by molar-refractivity contribution is 5.91. The van der Waals surface area contributed by atoms with Crippen LogP contribution in [0.1, 0.15) is 26.3 Å². The van der Waals surface area contributed by atoms with Gasteiger partial charge in [0, 0.05) is 22.8 Å². The van der Waals surface area contributed by atoms with Crippen LogP contribution < -0.4 is 5.32 Å². The summed E-state index contributed by atoms with van der Waals surface area (Å²) in [5.74, 6) is 0. The van der Waals surface area contributed by atoms with Gasteiger partial charge in [-0.3, -0.25) is 4.98 Å². The van der Waals surface area contributed by atoms with E-state index in [1.165, 1.54) is 10.9 Å². The predicted molar refractivity (Wildman–Crippen MR) is 69.9 cm³/mol. The minimum Gasteiger partial charge on any atom is -0.380 e. The zero-order valence-corrected chi connectivity index (χ0v) is 10.3. The Morgan fingerprint density at radius 2 is 1.88 bits per heavy atom. The van der Waals surface area contributed by atoms with E-state index in [0.717, 1.165) is 11.2 Å². The summed E-state index contributed by atoms with van der Waals surface area (Å²) in [5.41, 5.74) is 3.51. The topological polar surface area (TPSA) is 24.9 Å². The maximum absolute atomic E-state index is 4.39. The van der Waals surface area contributed by atoms with Gasteiger partial charge in [0.25, 0.3) is 0 Å². The Kier molecular flexibility index (Phi) is 2.58. The maximum atomic E-state index is 4.39. The Bertz CT molecular complexity index is 510. The van der Waals surface area contributed by atoms with Crippen molar-refractivity contribution >= 4 is 16.6 Å². The molecule has 2 heteroatoms. The lowest BCUT2D eigenvalue weighted by molar-refractivity contribution is 0.635. The fraction of sp³-hybridized carbons (Fsp3) is 0.357. The molecule has 0 aliphatic carbocycles. The van der Waals surface area contributed by atoms with E-state index in [-0.39, 0.29) is 5.54 Å². The quantitative estimate of drug-likeness (QED) is 0.782. The lowest BCUT2D eigenvalue weighted by atomic mass is 10.1. The maximum Gasteiger partial charge on any atom is 0.0725 e. The molecule has 0 spiro atoms. The van der Waals surface area contributed by atoms with Crippen molar-refractivity contribution in [1.82, 2.24) is 4.98 Å². The second-order valence-electron chi connectivity index (χ2n) is 5.25. The minimum atomic E-state index is 0.0686. The number of aromatic nitrogens is 1. The highest BCUT2D eigenvalue weighted by Crippen LogP contribution is 2.24. The van der Waals surface area contributed by atoms with E-state index in [1.807, 2.05) is 12.3 Å². The molecular formula is C14H18N2. The third-order valence-corrected chi connectivity index (χ3v) is 2.41. The summed E-state index contributed by atoms with van der Waals surface area (Å²) in [4.78, 5) is 4.39. The zero-order valence-electron chi connectivity index (χ0n) is 10.3. The number of nitrogens with zero attached hydrogens (tertiary/aromatic N) is 1. The van der Waals surface area contributed by atoms with Gasteiger partial charge in [-0.05, 0) is 45.4 Å². The van der Waals surface area contributed by atoms with Crippen LogP contribution in [0.3, 0.4) is 0 Å². The predicted octanol–water partition coefficient (Wildman–Crippen LogP) is 3.75. The van der Waals surface area contributed by atoms with E-state index in [9.17, 15) is 0 Å². The molecule has 2 rings (SSSR count). The summed E-state index contributed by atoms with van der Waals surface area (Å²) in [6.45, 7) is 8.57. The molecule has 0 saturated carbocycles. The molecule has 0 amide bonds. The standard InChI is InChI=1S/C14H18N2/c1-10-5-6-11-12(16-14(2,3)4)7-8-15-13(11)9-10/h5-9H,1-4H3,(H,15,16). The van der Waals surface area contributed by atoms with Crippen LogP contribution in [0, 0.1) is 6.92 Å². The van der Waals surface area contributed by atoms with Crippen LogP contribution in [0.2, 0.25) is 0 Å². The fourth-order valence-corrected chi connectivity index (χ4v) is 1.77. The Balaban J connectivity index is 2.54. The van der Waals surface area contributed by atoms with Gasteiger partial charge in [0.1, 0.15) is 0 Å². The monoisotopic (exact) mass is 214 g/mol. The number of benzene rings is 1. The van der Waals surface area contributed by atoms with E-state index in [4.69, 9.17) is 0 Å². The van der Waals surface area contributed by atoms with Crippen molar-refractivity contribution in [3.05, 3.63) is 36.0 Å². The molecule has 84 valence electrons. The molecule has 2 nitrogen and oxygen atoms in total. The van der Waals surface area contributed by atoms with Crippen molar-refractivity contribution in [3.8, 4) is 0 Å². The first-order chi connectivity index (χ1) is 7.46. The van der Waals surface area contributed by atoms with Gasteiger partial charge in [-0.25, -0.2) is 0 Å². The summed E-state index contributed by atoms with van der Waals surface area (Å²) in [5, 5.41) is 4.69. The van der Waals surface area contributed by atoms with Gasteiger partial charge in [-0.1, -0.05) is 12.1 Å². The average Bonchev–Trinajstić information content (AvgIpc) is 2.15. The van der Waals surface area contributed by atoms with Gasteiger partial charge in [0.2, 0.25) is 0 Å². The molecule has 1 heterocycles. The molecule has 0 radical (unpaired) electrons. The van der Waals surface area contributed by atoms with Gasteiger partial charge < -0.3 is 5.32 Å². The Labute approximate surface area is 96.7 Å². The van der Waals surface area contributed by atoms with Crippen LogP contribution in [0.15, 0.2) is 30.5 Å². The Hall–Kier alpha value is -1.57. The summed E-state index contributed by atoms with van der Waals surface area (Å²) in [6.07, 6.45) is 1.86. The highest BCUT2D eigenvalue weighted by Gasteiger charge is 2.11. The number of hydrogen-bond donors (Lipinski definition) is 1. The summed E-state index contributed by atoms with van der Waals surface area (Å²) >= 11 is 0. The number of fused-ring (bicyclic) bond motifs is 1. The normalized spacial score (nSPS) is 11.8. The Morgan fingerprint density at radius 3 is 2.56 bits per heavy atom. The lowest BCUT2D eigenvalue weighted by Gasteiger charge is -2.23. The average molecular weight is 214 g/mol. The number of pyridine rings is 1. The molecule has 2 aromatic rings. The van der Waals surface area contributed by atoms with E-state index < -0.39 is 0 Å². The Morgan fingerprint density at radius 1 is 1.12 bits per heavy atom. The van der Waals surface area contributed by atoms with Crippen molar-refractivity contribution in [1.29, 1.82) is 0 Å². The molecule has 0 saturated heterocycles. The van der Waals surface area contributed by atoms with E-state index >= 15 is 0 Å². The number of nitrogens with one attached hydrogen (secondary N) is 1. The highest BCUT2D eigenvalue weighted by atomic mass is 15.0. The molecular weight excluding hydrogens is 196 g/mol. The van der Waals surface area contributed by atoms with Crippen molar-refractivity contribution in [2.45, 2.75) is 33.2 Å². The van der Waals surface area contributed by atoms with Gasteiger partial charge in [-0.2, -0.15) is 0 Å². The SMILES string of the molecule is Cc1ccc2c(NC(C)(C)C)ccnc2c1. The largest absolute Gasteiger partial charge is 0.380 e. The van der Waals surface area contributed by atoms with Crippen LogP contribution in [-0.2, 0) is 0 Å². The molecule has 0 unspecified atom stereocenters. The molecule has 1 aromatic carbocycles. The molecule has 0 bridgehead atoms. The molecule has 1 N–H and O–H groups in total. The van der Waals surface area contributed by atoms with Crippen LogP contribution in [0.25, 0.3) is 10.9 Å². The van der Waals surface area contributed by atoms with Crippen molar-refractivity contribution in [2.75, 3.05) is 5.32 Å². The fourth-order valence-electron chi connectivity index (χ4n) is 1.77. The van der Waals surface area contributed by atoms with Crippen molar-refractivity contribution in [2.24, 2.45) is 0 Å². The molecule has 0 aliphatic rings. The van der Waals surface area contributed by atoms with Crippen LogP contribution >= 0.6 is 0 Å². The van der Waals surface area contributed by atoms with E-state index in [1.54, 1.807) is 0 Å². The molecule has 1 aromatic heterocycles. The van der Waals surface area contributed by atoms with Crippen LogP contribution in [0.5, 0.6) is 0 Å². The van der Waals surface area contributed by atoms with Gasteiger partial charge >= 0.3 is 0 Å². The molecule has 0 atom stereocenters. The van der Waals surface area contributed by atoms with Gasteiger partial charge in [0.05, 0.1) is 5.52 Å². The number of aryl methyl sites for hydroxylation is 1. The second-order valence-corrected chi connectivity index (χ2v) is 5.25. The van der Waals surface area contributed by atoms with Crippen LogP contribution in [-0.4, -0.2) is 10.5 Å². The first-order valence-corrected chi connectivity index (χ1v) is 5.59. The minimum absolute atomic E-state index is 0.0686. The first kappa shape index (κ1) is 10.9. The lowest BCUT2D eigenvalue weighted by Crippen LogP contribution is -2.26. The third kappa shape index (κ3) is 2.32. The van der Waals surface area contributed by atoms with E-state index in [0.29, 0.717) is 0 Å². The van der Waals surface area contributed by atoms with Crippen molar-refractivity contribution < 1.29 is 0 Å². The van der Waals surface area contributed by atoms with Gasteiger partial charge in [0.15, 0.2) is 0 Å². The third-order valence-electron chi connectivity index (χ3n) is 2.41. The summed E-state index contributed by atoms with van der Waals surface area (Å²) in [7, 11) is 0. The molecule has 16 heavy (non-hydrogen) atoms. The second kappa shape index (κ2) is 3.78. The van der Waals surface area contributed by atoms with Gasteiger partial charge in [-0.15, -0.1) is 0 Å². The van der Waals surface area contributed by atoms with Crippen LogP contribution in [0.4, 0.5) is 5.69 Å². The molecule has 0 aliphatic heterocycles. The first-order valence-electron chi connectivity index (χ1n) is 5.59. The summed E-state index contributed by atoms with van der Waals surface area (Å²) < 4.78 is 0. The van der Waals surface area contributed by atoms with E-state index in [2.05, 4.69) is 56.2 Å². The number of rotatable bonds is 1. The molecule has 0 fully saturated rings. The smallest absolute Gasteiger partial charge is 0.0725 e. The number of anilines is 1.